The van der Waals surface area contributed by atoms with Gasteiger partial charge in [-0.2, -0.15) is 5.10 Å². The van der Waals surface area contributed by atoms with Gasteiger partial charge >= 0.3 is 0 Å². The summed E-state index contributed by atoms with van der Waals surface area (Å²) in [7, 11) is 4.32. The van der Waals surface area contributed by atoms with Crippen LogP contribution in [0.3, 0.4) is 0 Å². The van der Waals surface area contributed by atoms with Gasteiger partial charge in [-0.05, 0) is 56.3 Å². The molecule has 0 saturated heterocycles. The molecule has 8 heteroatoms. The van der Waals surface area contributed by atoms with E-state index in [0.29, 0.717) is 5.65 Å². The first kappa shape index (κ1) is 19.9. The van der Waals surface area contributed by atoms with E-state index in [1.165, 1.54) is 5.56 Å². The summed E-state index contributed by atoms with van der Waals surface area (Å²) >= 11 is 0. The molecule has 5 aromatic rings. The molecule has 5 heterocycles. The number of imidazole rings is 1. The Morgan fingerprint density at radius 2 is 1.85 bits per heavy atom. The maximum absolute atomic E-state index is 4.98. The molecule has 0 atom stereocenters. The molecule has 2 N–H and O–H groups in total. The van der Waals surface area contributed by atoms with Gasteiger partial charge in [-0.15, -0.1) is 0 Å². The lowest BCUT2D eigenvalue weighted by Gasteiger charge is -2.21. The van der Waals surface area contributed by atoms with Crippen LogP contribution >= 0.6 is 0 Å². The fraction of sp³-hybridized carbons (Fsp3) is 0.280. The first-order chi connectivity index (χ1) is 16.2. The number of pyridine rings is 2. The monoisotopic (exact) mass is 438 g/mol. The molecule has 0 unspecified atom stereocenters. The van der Waals surface area contributed by atoms with Crippen LogP contribution in [0.15, 0.2) is 48.9 Å². The average Bonchev–Trinajstić information content (AvgIpc) is 3.44. The normalized spacial score (nSPS) is 15.4. The van der Waals surface area contributed by atoms with Crippen molar-refractivity contribution in [2.75, 3.05) is 32.1 Å². The highest BCUT2D eigenvalue weighted by atomic mass is 15.2. The van der Waals surface area contributed by atoms with E-state index in [0.717, 1.165) is 77.2 Å². The second kappa shape index (κ2) is 7.97. The Labute approximate surface area is 191 Å². The standard InChI is InChI=1S/C25H26N8/c1-32-8-3-4-9-33(2)21-7-5-6-20-23(21)29-25(28-20)22-19-11-18(14-27-24(19)31-30-22)17-10-16(15-32)12-26-13-17/h5-7,10-14H,3-4,8-9,15H2,1-2H3,(H,28,29)(H,27,30,31). The van der Waals surface area contributed by atoms with Crippen LogP contribution < -0.4 is 4.90 Å². The largest absolute Gasteiger partial charge is 0.373 e. The third-order valence-electron chi connectivity index (χ3n) is 6.41. The van der Waals surface area contributed by atoms with E-state index < -0.39 is 0 Å². The molecule has 4 aromatic heterocycles. The van der Waals surface area contributed by atoms with Gasteiger partial charge < -0.3 is 14.8 Å². The van der Waals surface area contributed by atoms with E-state index in [2.05, 4.69) is 79.4 Å². The maximum atomic E-state index is 4.98. The summed E-state index contributed by atoms with van der Waals surface area (Å²) < 4.78 is 0. The van der Waals surface area contributed by atoms with E-state index >= 15 is 0 Å². The van der Waals surface area contributed by atoms with Crippen molar-refractivity contribution in [1.82, 2.24) is 35.0 Å². The molecule has 0 fully saturated rings. The van der Waals surface area contributed by atoms with Crippen LogP contribution in [0.4, 0.5) is 5.69 Å². The number of fused-ring (bicyclic) bond motifs is 6. The van der Waals surface area contributed by atoms with E-state index in [4.69, 9.17) is 4.98 Å². The molecule has 0 saturated carbocycles. The van der Waals surface area contributed by atoms with E-state index in [1.807, 2.05) is 18.6 Å². The van der Waals surface area contributed by atoms with Gasteiger partial charge in [-0.25, -0.2) is 9.97 Å². The third kappa shape index (κ3) is 3.62. The average molecular weight is 439 g/mol. The van der Waals surface area contributed by atoms with Crippen LogP contribution in [0, 0.1) is 0 Å². The maximum Gasteiger partial charge on any atom is 0.181 e. The zero-order chi connectivity index (χ0) is 22.4. The van der Waals surface area contributed by atoms with Gasteiger partial charge in [0.15, 0.2) is 11.5 Å². The Morgan fingerprint density at radius 3 is 2.79 bits per heavy atom. The topological polar surface area (TPSA) is 89.6 Å². The summed E-state index contributed by atoms with van der Waals surface area (Å²) in [6.45, 7) is 2.89. The second-order valence-electron chi connectivity index (χ2n) is 8.90. The number of rotatable bonds is 0. The number of nitrogens with one attached hydrogen (secondary N) is 2. The third-order valence-corrected chi connectivity index (χ3v) is 6.41. The van der Waals surface area contributed by atoms with Crippen molar-refractivity contribution < 1.29 is 0 Å². The molecule has 33 heavy (non-hydrogen) atoms. The number of H-pyrrole nitrogens is 2. The van der Waals surface area contributed by atoms with Crippen molar-refractivity contribution in [3.05, 3.63) is 54.5 Å². The SMILES string of the molecule is CN1CCCCN(C)c2cccc3[nH]c(nc23)-c2[nH]nc3ncc(cc23)-c2cncc(c2)C1. The molecule has 1 aliphatic heterocycles. The van der Waals surface area contributed by atoms with Gasteiger partial charge in [-0.1, -0.05) is 6.07 Å². The van der Waals surface area contributed by atoms with Crippen LogP contribution in [-0.2, 0) is 6.54 Å². The summed E-state index contributed by atoms with van der Waals surface area (Å²) in [5, 5.41) is 8.51. The predicted molar refractivity (Wildman–Crippen MR) is 131 cm³/mol. The number of aromatic amines is 2. The quantitative estimate of drug-likeness (QED) is 0.376. The highest BCUT2D eigenvalue weighted by Gasteiger charge is 2.17. The van der Waals surface area contributed by atoms with E-state index in [-0.39, 0.29) is 0 Å². The molecule has 1 aliphatic rings. The number of benzene rings is 1. The Morgan fingerprint density at radius 1 is 0.970 bits per heavy atom. The van der Waals surface area contributed by atoms with Crippen molar-refractivity contribution in [1.29, 1.82) is 0 Å². The minimum Gasteiger partial charge on any atom is -0.373 e. The lowest BCUT2D eigenvalue weighted by atomic mass is 10.1. The zero-order valence-electron chi connectivity index (χ0n) is 18.8. The highest BCUT2D eigenvalue weighted by molar-refractivity contribution is 5.96. The minimum absolute atomic E-state index is 0.671. The molecule has 0 aliphatic carbocycles. The Hall–Kier alpha value is -3.78. The second-order valence-corrected chi connectivity index (χ2v) is 8.90. The van der Waals surface area contributed by atoms with Gasteiger partial charge in [-0.3, -0.25) is 10.1 Å². The fourth-order valence-electron chi connectivity index (χ4n) is 4.66. The minimum atomic E-state index is 0.671. The van der Waals surface area contributed by atoms with Gasteiger partial charge in [0.05, 0.1) is 16.6 Å². The summed E-state index contributed by atoms with van der Waals surface area (Å²) in [5.41, 5.74) is 7.89. The van der Waals surface area contributed by atoms with Gasteiger partial charge in [0, 0.05) is 49.9 Å². The molecule has 0 amide bonds. The lowest BCUT2D eigenvalue weighted by Crippen LogP contribution is -2.22. The van der Waals surface area contributed by atoms with Crippen LogP contribution in [0.1, 0.15) is 18.4 Å². The Balaban J connectivity index is 1.53. The molecule has 6 rings (SSSR count). The molecular formula is C25H26N8. The smallest absolute Gasteiger partial charge is 0.181 e. The summed E-state index contributed by atoms with van der Waals surface area (Å²) in [4.78, 5) is 22.2. The van der Waals surface area contributed by atoms with E-state index in [1.54, 1.807) is 0 Å². The lowest BCUT2D eigenvalue weighted by molar-refractivity contribution is 0.319. The van der Waals surface area contributed by atoms with Crippen LogP contribution in [0.2, 0.25) is 0 Å². The summed E-state index contributed by atoms with van der Waals surface area (Å²) in [5.74, 6) is 0.766. The van der Waals surface area contributed by atoms with E-state index in [9.17, 15) is 0 Å². The Bertz CT molecular complexity index is 1450. The first-order valence-corrected chi connectivity index (χ1v) is 11.3. The van der Waals surface area contributed by atoms with Crippen molar-refractivity contribution in [2.24, 2.45) is 0 Å². The number of aromatic nitrogens is 6. The first-order valence-electron chi connectivity index (χ1n) is 11.3. The summed E-state index contributed by atoms with van der Waals surface area (Å²) in [6.07, 6.45) is 7.96. The van der Waals surface area contributed by atoms with Crippen LogP contribution in [-0.4, -0.2) is 62.2 Å². The van der Waals surface area contributed by atoms with Crippen molar-refractivity contribution in [3.8, 4) is 22.6 Å². The number of hydrogen-bond donors (Lipinski definition) is 2. The Kier molecular flexibility index (Phi) is 4.80. The molecule has 0 radical (unpaired) electrons. The molecule has 8 nitrogen and oxygen atoms in total. The molecule has 0 spiro atoms. The fourth-order valence-corrected chi connectivity index (χ4v) is 4.66. The molecule has 1 aromatic carbocycles. The zero-order valence-corrected chi connectivity index (χ0v) is 18.8. The number of hydrogen-bond acceptors (Lipinski definition) is 6. The highest BCUT2D eigenvalue weighted by Crippen LogP contribution is 2.32. The predicted octanol–water partition coefficient (Wildman–Crippen LogP) is 4.23. The molecule has 6 bridgehead atoms. The van der Waals surface area contributed by atoms with Crippen molar-refractivity contribution in [2.45, 2.75) is 19.4 Å². The number of para-hydroxylation sites is 1. The van der Waals surface area contributed by atoms with Crippen LogP contribution in [0.5, 0.6) is 0 Å². The molecular weight excluding hydrogens is 412 g/mol. The van der Waals surface area contributed by atoms with Gasteiger partial charge in [0.1, 0.15) is 11.2 Å². The van der Waals surface area contributed by atoms with Crippen LogP contribution in [0.25, 0.3) is 44.7 Å². The van der Waals surface area contributed by atoms with Crippen molar-refractivity contribution >= 4 is 27.8 Å². The number of anilines is 1. The van der Waals surface area contributed by atoms with Gasteiger partial charge in [0.2, 0.25) is 0 Å². The van der Waals surface area contributed by atoms with Gasteiger partial charge in [0.25, 0.3) is 0 Å². The molecule has 166 valence electrons. The number of nitrogens with zero attached hydrogens (tertiary/aromatic N) is 6. The summed E-state index contributed by atoms with van der Waals surface area (Å²) in [6, 6.07) is 10.6. The van der Waals surface area contributed by atoms with Crippen molar-refractivity contribution in [3.63, 3.8) is 0 Å².